The summed E-state index contributed by atoms with van der Waals surface area (Å²) >= 11 is 0. The lowest BCUT2D eigenvalue weighted by Crippen LogP contribution is -2.20. The fraction of sp³-hybridized carbons (Fsp3) is 0.286. The second kappa shape index (κ2) is 13.0. The zero-order valence-electron chi connectivity index (χ0n) is 19.7. The quantitative estimate of drug-likeness (QED) is 0.348. The van der Waals surface area contributed by atoms with Gasteiger partial charge in [-0.3, -0.25) is 10.6 Å². The maximum atomic E-state index is 12.0. The summed E-state index contributed by atoms with van der Waals surface area (Å²) in [4.78, 5) is 24.0. The van der Waals surface area contributed by atoms with Gasteiger partial charge in [-0.15, -0.1) is 0 Å². The number of hydrogen-bond acceptors (Lipinski definition) is 4. The van der Waals surface area contributed by atoms with Crippen LogP contribution in [-0.4, -0.2) is 24.4 Å². The molecule has 2 amide bonds. The van der Waals surface area contributed by atoms with Crippen molar-refractivity contribution in [3.63, 3.8) is 0 Å². The monoisotopic (exact) mass is 460 g/mol. The number of rotatable bonds is 10. The highest BCUT2D eigenvalue weighted by Gasteiger charge is 2.11. The second-order valence-corrected chi connectivity index (χ2v) is 8.31. The molecule has 0 spiro atoms. The highest BCUT2D eigenvalue weighted by molar-refractivity contribution is 5.85. The SMILES string of the molecule is C[C@H](CCc1ccc(CC[C@@H](C)OC(=O)Nc2ccccc2)cc1)OC(=O)Nc1ccccc1. The van der Waals surface area contributed by atoms with E-state index in [0.29, 0.717) is 11.4 Å². The van der Waals surface area contributed by atoms with E-state index in [4.69, 9.17) is 9.47 Å². The predicted molar refractivity (Wildman–Crippen MR) is 135 cm³/mol. The molecule has 34 heavy (non-hydrogen) atoms. The van der Waals surface area contributed by atoms with Crippen molar-refractivity contribution in [1.29, 1.82) is 0 Å². The summed E-state index contributed by atoms with van der Waals surface area (Å²) in [6.07, 6.45) is 1.85. The Bertz CT molecular complexity index is 939. The molecule has 0 heterocycles. The van der Waals surface area contributed by atoms with Crippen LogP contribution in [0.4, 0.5) is 21.0 Å². The molecule has 6 heteroatoms. The topological polar surface area (TPSA) is 76.7 Å². The maximum absolute atomic E-state index is 12.0. The summed E-state index contributed by atoms with van der Waals surface area (Å²) in [6, 6.07) is 26.9. The Kier molecular flexibility index (Phi) is 9.52. The van der Waals surface area contributed by atoms with Crippen molar-refractivity contribution in [1.82, 2.24) is 0 Å². The Labute approximate surface area is 201 Å². The molecular weight excluding hydrogens is 428 g/mol. The molecule has 0 aromatic heterocycles. The lowest BCUT2D eigenvalue weighted by molar-refractivity contribution is 0.115. The Morgan fingerprint density at radius 1 is 0.618 bits per heavy atom. The van der Waals surface area contributed by atoms with Crippen molar-refractivity contribution in [2.24, 2.45) is 0 Å². The van der Waals surface area contributed by atoms with Crippen molar-refractivity contribution >= 4 is 23.6 Å². The molecule has 178 valence electrons. The van der Waals surface area contributed by atoms with E-state index in [-0.39, 0.29) is 12.2 Å². The molecule has 0 radical (unpaired) electrons. The molecule has 0 unspecified atom stereocenters. The minimum absolute atomic E-state index is 0.191. The number of hydrogen-bond donors (Lipinski definition) is 2. The number of amides is 2. The Morgan fingerprint density at radius 3 is 1.32 bits per heavy atom. The predicted octanol–water partition coefficient (Wildman–Crippen LogP) is 6.83. The molecule has 0 saturated heterocycles. The third kappa shape index (κ3) is 8.98. The van der Waals surface area contributed by atoms with Gasteiger partial charge in [-0.05, 0) is 74.9 Å². The largest absolute Gasteiger partial charge is 0.446 e. The summed E-state index contributed by atoms with van der Waals surface area (Å²) in [5.74, 6) is 0. The lowest BCUT2D eigenvalue weighted by Gasteiger charge is -2.15. The summed E-state index contributed by atoms with van der Waals surface area (Å²) in [5.41, 5.74) is 3.81. The van der Waals surface area contributed by atoms with Crippen LogP contribution < -0.4 is 10.6 Å². The van der Waals surface area contributed by atoms with E-state index in [1.54, 1.807) is 0 Å². The molecule has 6 nitrogen and oxygen atoms in total. The molecule has 3 rings (SSSR count). The van der Waals surface area contributed by atoms with E-state index in [1.165, 1.54) is 11.1 Å². The van der Waals surface area contributed by atoms with Gasteiger partial charge in [0.05, 0.1) is 0 Å². The van der Waals surface area contributed by atoms with Crippen molar-refractivity contribution in [2.45, 2.75) is 51.7 Å². The van der Waals surface area contributed by atoms with Crippen LogP contribution in [0.2, 0.25) is 0 Å². The van der Waals surface area contributed by atoms with Crippen LogP contribution in [0.25, 0.3) is 0 Å². The highest BCUT2D eigenvalue weighted by Crippen LogP contribution is 2.14. The molecular formula is C28H32N2O4. The third-order valence-corrected chi connectivity index (χ3v) is 5.36. The minimum Gasteiger partial charge on any atom is -0.446 e. The number of anilines is 2. The van der Waals surface area contributed by atoms with Crippen molar-refractivity contribution < 1.29 is 19.1 Å². The van der Waals surface area contributed by atoms with Crippen LogP contribution >= 0.6 is 0 Å². The van der Waals surface area contributed by atoms with E-state index in [9.17, 15) is 9.59 Å². The molecule has 0 bridgehead atoms. The van der Waals surface area contributed by atoms with Gasteiger partial charge in [-0.2, -0.15) is 0 Å². The molecule has 2 N–H and O–H groups in total. The summed E-state index contributed by atoms with van der Waals surface area (Å²) in [7, 11) is 0. The Balaban J connectivity index is 1.34. The van der Waals surface area contributed by atoms with Gasteiger partial charge in [0.1, 0.15) is 12.2 Å². The third-order valence-electron chi connectivity index (χ3n) is 5.36. The van der Waals surface area contributed by atoms with Gasteiger partial charge >= 0.3 is 12.2 Å². The summed E-state index contributed by atoms with van der Waals surface area (Å²) in [5, 5.41) is 5.46. The normalized spacial score (nSPS) is 12.3. The molecule has 0 saturated carbocycles. The average Bonchev–Trinajstić information content (AvgIpc) is 2.83. The number of nitrogens with one attached hydrogen (secondary N) is 2. The zero-order valence-corrected chi connectivity index (χ0v) is 19.7. The molecule has 2 atom stereocenters. The first kappa shape index (κ1) is 24.8. The number of carbonyl (C=O) groups is 2. The maximum Gasteiger partial charge on any atom is 0.411 e. The minimum atomic E-state index is -0.442. The smallest absolute Gasteiger partial charge is 0.411 e. The Morgan fingerprint density at radius 2 is 0.971 bits per heavy atom. The first-order valence-corrected chi connectivity index (χ1v) is 11.6. The lowest BCUT2D eigenvalue weighted by atomic mass is 10.0. The van der Waals surface area contributed by atoms with Gasteiger partial charge in [0, 0.05) is 11.4 Å². The fourth-order valence-corrected chi connectivity index (χ4v) is 3.43. The van der Waals surface area contributed by atoms with E-state index in [2.05, 4.69) is 34.9 Å². The van der Waals surface area contributed by atoms with Gasteiger partial charge in [-0.25, -0.2) is 9.59 Å². The molecule has 3 aromatic carbocycles. The van der Waals surface area contributed by atoms with Gasteiger partial charge in [0.2, 0.25) is 0 Å². The number of benzene rings is 3. The van der Waals surface area contributed by atoms with Gasteiger partial charge in [-0.1, -0.05) is 60.7 Å². The van der Waals surface area contributed by atoms with Crippen LogP contribution in [0.5, 0.6) is 0 Å². The van der Waals surface area contributed by atoms with Crippen LogP contribution in [-0.2, 0) is 22.3 Å². The van der Waals surface area contributed by atoms with Gasteiger partial charge in [0.25, 0.3) is 0 Å². The first-order chi connectivity index (χ1) is 16.5. The van der Waals surface area contributed by atoms with Crippen LogP contribution in [0.15, 0.2) is 84.9 Å². The first-order valence-electron chi connectivity index (χ1n) is 11.6. The summed E-state index contributed by atoms with van der Waals surface area (Å²) in [6.45, 7) is 3.79. The highest BCUT2D eigenvalue weighted by atomic mass is 16.6. The average molecular weight is 461 g/mol. The van der Waals surface area contributed by atoms with Crippen molar-refractivity contribution in [3.8, 4) is 0 Å². The van der Waals surface area contributed by atoms with Gasteiger partial charge < -0.3 is 9.47 Å². The second-order valence-electron chi connectivity index (χ2n) is 8.31. The van der Waals surface area contributed by atoms with E-state index in [1.807, 2.05) is 74.5 Å². The van der Waals surface area contributed by atoms with E-state index < -0.39 is 12.2 Å². The van der Waals surface area contributed by atoms with Crippen LogP contribution in [0, 0.1) is 0 Å². The standard InChI is InChI=1S/C28H32N2O4/c1-21(33-27(31)29-25-9-5-3-6-10-25)13-15-23-17-19-24(20-18-23)16-14-22(2)34-28(32)30-26-11-7-4-8-12-26/h3-12,17-22H,13-16H2,1-2H3,(H,29,31)(H,30,32)/t21-,22-/m1/s1. The number of aryl methyl sites for hydroxylation is 2. The zero-order chi connectivity index (χ0) is 24.2. The number of ether oxygens (including phenoxy) is 2. The van der Waals surface area contributed by atoms with Crippen molar-refractivity contribution in [2.75, 3.05) is 10.6 Å². The van der Waals surface area contributed by atoms with E-state index in [0.717, 1.165) is 25.7 Å². The number of carbonyl (C=O) groups excluding carboxylic acids is 2. The molecule has 0 aliphatic carbocycles. The summed E-state index contributed by atoms with van der Waals surface area (Å²) < 4.78 is 10.9. The molecule has 0 aliphatic rings. The fourth-order valence-electron chi connectivity index (χ4n) is 3.43. The van der Waals surface area contributed by atoms with Crippen LogP contribution in [0.1, 0.15) is 37.8 Å². The molecule has 0 fully saturated rings. The molecule has 3 aromatic rings. The number of para-hydroxylation sites is 2. The van der Waals surface area contributed by atoms with E-state index >= 15 is 0 Å². The van der Waals surface area contributed by atoms with Crippen molar-refractivity contribution in [3.05, 3.63) is 96.1 Å². The van der Waals surface area contributed by atoms with Crippen LogP contribution in [0.3, 0.4) is 0 Å². The molecule has 0 aliphatic heterocycles. The van der Waals surface area contributed by atoms with Gasteiger partial charge in [0.15, 0.2) is 0 Å². The Hall–Kier alpha value is -3.80.